The predicted octanol–water partition coefficient (Wildman–Crippen LogP) is 0.731. The van der Waals surface area contributed by atoms with Crippen LogP contribution in [0.1, 0.15) is 5.56 Å². The number of hydrogen-bond donors (Lipinski definition) is 0. The topological polar surface area (TPSA) is 15.7 Å². The van der Waals surface area contributed by atoms with Crippen molar-refractivity contribution in [1.82, 2.24) is 4.90 Å². The fourth-order valence-electron chi connectivity index (χ4n) is 1.85. The number of benzene rings is 1. The van der Waals surface area contributed by atoms with Gasteiger partial charge in [0.2, 0.25) is 0 Å². The molecule has 0 spiro atoms. The van der Waals surface area contributed by atoms with E-state index in [2.05, 4.69) is 63.7 Å². The van der Waals surface area contributed by atoms with Crippen LogP contribution in [0.4, 0.5) is 5.69 Å². The van der Waals surface area contributed by atoms with Gasteiger partial charge < -0.3 is 0 Å². The molecule has 1 fully saturated rings. The van der Waals surface area contributed by atoms with Gasteiger partial charge in [-0.2, -0.15) is 0 Å². The first-order valence-corrected chi connectivity index (χ1v) is 6.68. The summed E-state index contributed by atoms with van der Waals surface area (Å²) in [5.41, 5.74) is 2.47. The fourth-order valence-corrected chi connectivity index (χ4v) is 2.52. The van der Waals surface area contributed by atoms with E-state index < -0.39 is 0 Å². The van der Waals surface area contributed by atoms with Crippen LogP contribution in [0.2, 0.25) is 0 Å². The molecule has 0 saturated carbocycles. The normalized spacial score (nSPS) is 15.8. The molecule has 1 heterocycles. The molecule has 0 amide bonds. The number of anilines is 1. The Balaban J connectivity index is 2.08. The van der Waals surface area contributed by atoms with E-state index in [9.17, 15) is 0 Å². The van der Waals surface area contributed by atoms with Gasteiger partial charge in [-0.05, 0) is 0 Å². The van der Waals surface area contributed by atoms with Crippen LogP contribution >= 0.6 is 0 Å². The molecule has 1 aliphatic rings. The molecule has 0 atom stereocenters. The monoisotopic (exact) mass is 298 g/mol. The maximum absolute atomic E-state index is 5.36. The van der Waals surface area contributed by atoms with E-state index >= 15 is 0 Å². The van der Waals surface area contributed by atoms with Crippen LogP contribution in [0.15, 0.2) is 24.3 Å². The molecule has 1 aliphatic heterocycles. The molecule has 0 N–H and O–H groups in total. The van der Waals surface area contributed by atoms with Crippen molar-refractivity contribution < 1.29 is 4.74 Å². The van der Waals surface area contributed by atoms with Crippen LogP contribution < -0.4 is 4.90 Å². The molecule has 1 aromatic carbocycles. The van der Waals surface area contributed by atoms with Crippen LogP contribution in [0, 0.1) is 0 Å². The molecule has 0 aromatic heterocycles. The Morgan fingerprint density at radius 2 is 1.76 bits per heavy atom. The van der Waals surface area contributed by atoms with Gasteiger partial charge in [-0.1, -0.05) is 0 Å². The van der Waals surface area contributed by atoms with Gasteiger partial charge in [-0.3, -0.25) is 0 Å². The van der Waals surface area contributed by atoms with E-state index in [1.807, 2.05) is 0 Å². The van der Waals surface area contributed by atoms with Crippen molar-refractivity contribution in [2.75, 3.05) is 45.3 Å². The molecular weight excluding hydrogens is 279 g/mol. The Hall–Kier alpha value is -0.831. The number of hydrogen-bond acceptors (Lipinski definition) is 3. The van der Waals surface area contributed by atoms with Crippen molar-refractivity contribution in [1.29, 1.82) is 0 Å². The first-order valence-electron chi connectivity index (χ1n) is 5.83. The van der Waals surface area contributed by atoms with Gasteiger partial charge in [0.15, 0.2) is 0 Å². The summed E-state index contributed by atoms with van der Waals surface area (Å²) in [4.78, 5) is 4.45. The standard InChI is InChI=1S/C13H18N2OSe/c1-14(2)12-5-3-11(4-6-12)13(17)15-7-9-16-10-8-15/h3-6H,7-10H2,1-2H3. The Bertz CT molecular complexity index is 383. The summed E-state index contributed by atoms with van der Waals surface area (Å²) in [6.45, 7) is 3.58. The van der Waals surface area contributed by atoms with Gasteiger partial charge in [0, 0.05) is 0 Å². The van der Waals surface area contributed by atoms with Crippen LogP contribution in [-0.2, 0) is 4.74 Å². The molecular formula is C13H18N2OSe. The summed E-state index contributed by atoms with van der Waals surface area (Å²) in [5, 5.41) is 0. The second-order valence-electron chi connectivity index (χ2n) is 4.35. The number of rotatable bonds is 3. The van der Waals surface area contributed by atoms with E-state index in [-0.39, 0.29) is 0 Å². The molecule has 1 saturated heterocycles. The van der Waals surface area contributed by atoms with Gasteiger partial charge >= 0.3 is 111 Å². The molecule has 0 radical (unpaired) electrons. The zero-order chi connectivity index (χ0) is 12.3. The minimum absolute atomic E-state index is 0.820. The van der Waals surface area contributed by atoms with E-state index in [0.29, 0.717) is 0 Å². The summed E-state index contributed by atoms with van der Waals surface area (Å²) in [6, 6.07) is 8.62. The van der Waals surface area contributed by atoms with Gasteiger partial charge in [0.1, 0.15) is 0 Å². The van der Waals surface area contributed by atoms with Crippen molar-refractivity contribution in [2.24, 2.45) is 0 Å². The third-order valence-corrected chi connectivity index (χ3v) is 3.97. The number of morpholine rings is 1. The summed E-state index contributed by atoms with van der Waals surface area (Å²) >= 11 is 3.19. The molecule has 0 bridgehead atoms. The van der Waals surface area contributed by atoms with Crippen molar-refractivity contribution >= 4 is 25.8 Å². The van der Waals surface area contributed by atoms with Gasteiger partial charge in [-0.25, -0.2) is 0 Å². The van der Waals surface area contributed by atoms with Gasteiger partial charge in [-0.15, -0.1) is 0 Å². The minimum atomic E-state index is 0.820. The molecule has 1 aromatic rings. The van der Waals surface area contributed by atoms with E-state index in [0.717, 1.165) is 26.3 Å². The summed E-state index contributed by atoms with van der Waals surface area (Å²) < 4.78 is 6.58. The Morgan fingerprint density at radius 3 is 2.29 bits per heavy atom. The quantitative estimate of drug-likeness (QED) is 0.765. The molecule has 0 unspecified atom stereocenters. The SMILES string of the molecule is CN(C)c1ccc(C(=[Se])N2CCOCC2)cc1. The third kappa shape index (κ3) is 3.09. The molecule has 92 valence electrons. The average molecular weight is 297 g/mol. The van der Waals surface area contributed by atoms with Crippen molar-refractivity contribution in [3.8, 4) is 0 Å². The average Bonchev–Trinajstić information content (AvgIpc) is 2.39. The summed E-state index contributed by atoms with van der Waals surface area (Å²) in [7, 11) is 4.11. The van der Waals surface area contributed by atoms with Crippen LogP contribution in [0.5, 0.6) is 0 Å². The summed E-state index contributed by atoms with van der Waals surface area (Å²) in [6.07, 6.45) is 0. The number of nitrogens with zero attached hydrogens (tertiary/aromatic N) is 2. The first-order chi connectivity index (χ1) is 8.18. The van der Waals surface area contributed by atoms with Gasteiger partial charge in [0.05, 0.1) is 0 Å². The van der Waals surface area contributed by atoms with Gasteiger partial charge in [0.25, 0.3) is 0 Å². The zero-order valence-electron chi connectivity index (χ0n) is 10.3. The second kappa shape index (κ2) is 5.67. The summed E-state index contributed by atoms with van der Waals surface area (Å²) in [5.74, 6) is 0. The van der Waals surface area contributed by atoms with Crippen molar-refractivity contribution in [2.45, 2.75) is 0 Å². The Morgan fingerprint density at radius 1 is 1.18 bits per heavy atom. The molecule has 17 heavy (non-hydrogen) atoms. The van der Waals surface area contributed by atoms with Crippen molar-refractivity contribution in [3.05, 3.63) is 29.8 Å². The third-order valence-electron chi connectivity index (χ3n) is 2.93. The van der Waals surface area contributed by atoms with E-state index in [1.54, 1.807) is 0 Å². The van der Waals surface area contributed by atoms with Crippen LogP contribution in [0.3, 0.4) is 0 Å². The predicted molar refractivity (Wildman–Crippen MR) is 73.0 cm³/mol. The Labute approximate surface area is 111 Å². The first kappa shape index (κ1) is 12.6. The van der Waals surface area contributed by atoms with E-state index in [1.165, 1.54) is 15.8 Å². The zero-order valence-corrected chi connectivity index (χ0v) is 12.1. The fraction of sp³-hybridized carbons (Fsp3) is 0.462. The maximum atomic E-state index is 5.36. The van der Waals surface area contributed by atoms with Crippen molar-refractivity contribution in [3.63, 3.8) is 0 Å². The second-order valence-corrected chi connectivity index (χ2v) is 5.16. The molecule has 2 rings (SSSR count). The molecule has 0 aliphatic carbocycles. The Kier molecular flexibility index (Phi) is 4.21. The molecule has 4 heteroatoms. The molecule has 3 nitrogen and oxygen atoms in total. The van der Waals surface area contributed by atoms with Crippen LogP contribution in [0.25, 0.3) is 0 Å². The van der Waals surface area contributed by atoms with Crippen LogP contribution in [-0.4, -0.2) is 65.4 Å². The number of ether oxygens (including phenoxy) is 1. The van der Waals surface area contributed by atoms with E-state index in [4.69, 9.17) is 4.74 Å².